The van der Waals surface area contributed by atoms with Crippen molar-refractivity contribution in [2.75, 3.05) is 39.3 Å². The third-order valence-electron chi connectivity index (χ3n) is 4.21. The van der Waals surface area contributed by atoms with Crippen molar-refractivity contribution < 1.29 is 9.59 Å². The summed E-state index contributed by atoms with van der Waals surface area (Å²) in [6.45, 7) is 6.33. The van der Waals surface area contributed by atoms with Crippen LogP contribution in [0.5, 0.6) is 0 Å². The van der Waals surface area contributed by atoms with Gasteiger partial charge in [-0.2, -0.15) is 0 Å². The number of carbonyl (C=O) groups is 2. The van der Waals surface area contributed by atoms with Crippen molar-refractivity contribution in [1.29, 1.82) is 0 Å². The number of carbonyl (C=O) groups excluding carboxylic acids is 2. The maximum Gasteiger partial charge on any atom is 0.234 e. The minimum Gasteiger partial charge on any atom is -0.355 e. The molecule has 2 aliphatic rings. The second-order valence-corrected chi connectivity index (χ2v) is 5.98. The van der Waals surface area contributed by atoms with Gasteiger partial charge >= 0.3 is 0 Å². The summed E-state index contributed by atoms with van der Waals surface area (Å²) in [6.07, 6.45) is 8.18. The van der Waals surface area contributed by atoms with Gasteiger partial charge in [0.2, 0.25) is 11.8 Å². The molecule has 0 aromatic rings. The second-order valence-electron chi connectivity index (χ2n) is 5.98. The van der Waals surface area contributed by atoms with Gasteiger partial charge in [0.15, 0.2) is 0 Å². The normalized spacial score (nSPS) is 22.5. The van der Waals surface area contributed by atoms with Crippen LogP contribution in [-0.2, 0) is 9.59 Å². The maximum absolute atomic E-state index is 12.2. The lowest BCUT2D eigenvalue weighted by atomic mass is 10.0. The Morgan fingerprint density at radius 2 is 2.00 bits per heavy atom. The third kappa shape index (κ3) is 5.16. The SMILES string of the molecule is CCCNC(=O)CN1CCN(C(=O)CC2C=CCC2)CC1. The Morgan fingerprint density at radius 3 is 2.62 bits per heavy atom. The van der Waals surface area contributed by atoms with Crippen LogP contribution in [0.15, 0.2) is 12.2 Å². The predicted octanol–water partition coefficient (Wildman–Crippen LogP) is 1.01. The summed E-state index contributed by atoms with van der Waals surface area (Å²) in [6, 6.07) is 0. The highest BCUT2D eigenvalue weighted by Gasteiger charge is 2.24. The van der Waals surface area contributed by atoms with E-state index < -0.39 is 0 Å². The largest absolute Gasteiger partial charge is 0.355 e. The predicted molar refractivity (Wildman–Crippen MR) is 82.8 cm³/mol. The Hall–Kier alpha value is -1.36. The summed E-state index contributed by atoms with van der Waals surface area (Å²) >= 11 is 0. The molecule has 1 fully saturated rings. The molecular weight excluding hydrogens is 266 g/mol. The number of rotatable bonds is 6. The molecule has 1 aliphatic heterocycles. The Morgan fingerprint density at radius 1 is 1.24 bits per heavy atom. The van der Waals surface area contributed by atoms with Gasteiger partial charge in [-0.1, -0.05) is 19.1 Å². The van der Waals surface area contributed by atoms with Crippen molar-refractivity contribution in [3.05, 3.63) is 12.2 Å². The smallest absolute Gasteiger partial charge is 0.234 e. The van der Waals surface area contributed by atoms with Gasteiger partial charge in [0.25, 0.3) is 0 Å². The van der Waals surface area contributed by atoms with E-state index in [2.05, 4.69) is 22.4 Å². The molecule has 1 atom stereocenters. The highest BCUT2D eigenvalue weighted by Crippen LogP contribution is 2.21. The van der Waals surface area contributed by atoms with E-state index in [-0.39, 0.29) is 11.8 Å². The zero-order chi connectivity index (χ0) is 15.1. The van der Waals surface area contributed by atoms with E-state index >= 15 is 0 Å². The molecule has 118 valence electrons. The van der Waals surface area contributed by atoms with Crippen LogP contribution in [0.25, 0.3) is 0 Å². The molecule has 0 bridgehead atoms. The fraction of sp³-hybridized carbons (Fsp3) is 0.750. The van der Waals surface area contributed by atoms with Gasteiger partial charge in [-0.3, -0.25) is 14.5 Å². The maximum atomic E-state index is 12.2. The summed E-state index contributed by atoms with van der Waals surface area (Å²) in [4.78, 5) is 28.0. The Kier molecular flexibility index (Phi) is 6.23. The molecule has 0 saturated carbocycles. The molecule has 0 aromatic carbocycles. The summed E-state index contributed by atoms with van der Waals surface area (Å²) in [5, 5.41) is 2.89. The first-order valence-corrected chi connectivity index (χ1v) is 8.12. The average molecular weight is 293 g/mol. The molecule has 1 N–H and O–H groups in total. The molecule has 1 saturated heterocycles. The van der Waals surface area contributed by atoms with E-state index in [4.69, 9.17) is 0 Å². The molecule has 0 spiro atoms. The first-order valence-electron chi connectivity index (χ1n) is 8.12. The molecular formula is C16H27N3O2. The van der Waals surface area contributed by atoms with Gasteiger partial charge in [0, 0.05) is 39.1 Å². The summed E-state index contributed by atoms with van der Waals surface area (Å²) < 4.78 is 0. The average Bonchev–Trinajstić information content (AvgIpc) is 2.98. The lowest BCUT2D eigenvalue weighted by molar-refractivity contribution is -0.133. The molecule has 1 heterocycles. The zero-order valence-corrected chi connectivity index (χ0v) is 13.0. The van der Waals surface area contributed by atoms with Gasteiger partial charge in [0.1, 0.15) is 0 Å². The topological polar surface area (TPSA) is 52.7 Å². The first kappa shape index (κ1) is 16.0. The summed E-state index contributed by atoms with van der Waals surface area (Å²) in [5.74, 6) is 0.796. The first-order chi connectivity index (χ1) is 10.2. The minimum atomic E-state index is 0.0905. The van der Waals surface area contributed by atoms with Crippen LogP contribution in [0.2, 0.25) is 0 Å². The van der Waals surface area contributed by atoms with E-state index in [9.17, 15) is 9.59 Å². The highest BCUT2D eigenvalue weighted by molar-refractivity contribution is 5.78. The third-order valence-corrected chi connectivity index (χ3v) is 4.21. The monoisotopic (exact) mass is 293 g/mol. The molecule has 21 heavy (non-hydrogen) atoms. The molecule has 1 unspecified atom stereocenters. The zero-order valence-electron chi connectivity index (χ0n) is 13.0. The van der Waals surface area contributed by atoms with Crippen molar-refractivity contribution in [3.8, 4) is 0 Å². The lowest BCUT2D eigenvalue weighted by Gasteiger charge is -2.34. The fourth-order valence-electron chi connectivity index (χ4n) is 2.90. The molecule has 5 heteroatoms. The number of hydrogen-bond donors (Lipinski definition) is 1. The molecule has 2 rings (SSSR count). The Bertz CT molecular complexity index is 387. The number of allylic oxidation sites excluding steroid dienone is 2. The van der Waals surface area contributed by atoms with Gasteiger partial charge in [-0.15, -0.1) is 0 Å². The van der Waals surface area contributed by atoms with Gasteiger partial charge in [-0.25, -0.2) is 0 Å². The number of nitrogens with zero attached hydrogens (tertiary/aromatic N) is 2. The van der Waals surface area contributed by atoms with E-state index in [0.717, 1.165) is 52.0 Å². The van der Waals surface area contributed by atoms with E-state index in [1.54, 1.807) is 0 Å². The van der Waals surface area contributed by atoms with Crippen molar-refractivity contribution >= 4 is 11.8 Å². The highest BCUT2D eigenvalue weighted by atomic mass is 16.2. The van der Waals surface area contributed by atoms with Crippen LogP contribution in [0.1, 0.15) is 32.6 Å². The number of nitrogens with one attached hydrogen (secondary N) is 1. The van der Waals surface area contributed by atoms with Gasteiger partial charge in [0.05, 0.1) is 6.54 Å². The molecule has 0 aromatic heterocycles. The number of amides is 2. The molecule has 2 amide bonds. The molecule has 0 radical (unpaired) electrons. The van der Waals surface area contributed by atoms with Crippen LogP contribution in [0.3, 0.4) is 0 Å². The molecule has 5 nitrogen and oxygen atoms in total. The molecule has 1 aliphatic carbocycles. The summed E-state index contributed by atoms with van der Waals surface area (Å²) in [7, 11) is 0. The van der Waals surface area contributed by atoms with Crippen LogP contribution in [0, 0.1) is 5.92 Å². The van der Waals surface area contributed by atoms with Crippen LogP contribution in [0.4, 0.5) is 0 Å². The van der Waals surface area contributed by atoms with Crippen LogP contribution >= 0.6 is 0 Å². The standard InChI is InChI=1S/C16H27N3O2/c1-2-7-17-15(20)13-18-8-10-19(11-9-18)16(21)12-14-5-3-4-6-14/h3,5,14H,2,4,6-13H2,1H3,(H,17,20). The minimum absolute atomic E-state index is 0.0905. The Labute approximate surface area is 127 Å². The van der Waals surface area contributed by atoms with Crippen LogP contribution < -0.4 is 5.32 Å². The van der Waals surface area contributed by atoms with Crippen molar-refractivity contribution in [3.63, 3.8) is 0 Å². The van der Waals surface area contributed by atoms with Crippen LogP contribution in [-0.4, -0.2) is 60.9 Å². The van der Waals surface area contributed by atoms with Gasteiger partial charge < -0.3 is 10.2 Å². The lowest BCUT2D eigenvalue weighted by Crippen LogP contribution is -2.51. The van der Waals surface area contributed by atoms with Crippen molar-refractivity contribution in [2.45, 2.75) is 32.6 Å². The fourth-order valence-corrected chi connectivity index (χ4v) is 2.90. The number of piperazine rings is 1. The van der Waals surface area contributed by atoms with E-state index in [1.807, 2.05) is 11.8 Å². The van der Waals surface area contributed by atoms with Gasteiger partial charge in [-0.05, 0) is 25.2 Å². The summed E-state index contributed by atoms with van der Waals surface area (Å²) in [5.41, 5.74) is 0. The van der Waals surface area contributed by atoms with Crippen molar-refractivity contribution in [1.82, 2.24) is 15.1 Å². The quantitative estimate of drug-likeness (QED) is 0.744. The van der Waals surface area contributed by atoms with E-state index in [0.29, 0.717) is 18.9 Å². The van der Waals surface area contributed by atoms with Crippen molar-refractivity contribution in [2.24, 2.45) is 5.92 Å². The Balaban J connectivity index is 1.66. The number of hydrogen-bond acceptors (Lipinski definition) is 3. The van der Waals surface area contributed by atoms with E-state index in [1.165, 1.54) is 0 Å². The second kappa shape index (κ2) is 8.17.